The standard InChI is InChI=1S/C21H17N3/c1-2-7-18-14-24(13-17(18)6-1)20-11-15(9-10-22-20)21-19-8-4-3-5-16(19)12-23-21/h1-11H,12-14H2. The van der Waals surface area contributed by atoms with Crippen molar-refractivity contribution >= 4 is 11.5 Å². The molecule has 2 aromatic carbocycles. The number of anilines is 1. The summed E-state index contributed by atoms with van der Waals surface area (Å²) in [6.45, 7) is 2.63. The van der Waals surface area contributed by atoms with Gasteiger partial charge in [0.2, 0.25) is 0 Å². The predicted molar refractivity (Wildman–Crippen MR) is 96.4 cm³/mol. The van der Waals surface area contributed by atoms with Gasteiger partial charge in [-0.25, -0.2) is 4.98 Å². The third kappa shape index (κ3) is 2.13. The lowest BCUT2D eigenvalue weighted by atomic mass is 10.0. The molecule has 24 heavy (non-hydrogen) atoms. The highest BCUT2D eigenvalue weighted by molar-refractivity contribution is 6.15. The van der Waals surface area contributed by atoms with Crippen molar-refractivity contribution in [1.29, 1.82) is 0 Å². The van der Waals surface area contributed by atoms with Crippen LogP contribution in [0.1, 0.15) is 27.8 Å². The van der Waals surface area contributed by atoms with E-state index in [1.54, 1.807) is 0 Å². The van der Waals surface area contributed by atoms with Gasteiger partial charge in [0.1, 0.15) is 5.82 Å². The van der Waals surface area contributed by atoms with Crippen LogP contribution in [0.3, 0.4) is 0 Å². The lowest BCUT2D eigenvalue weighted by Gasteiger charge is -2.17. The minimum absolute atomic E-state index is 0.776. The topological polar surface area (TPSA) is 28.5 Å². The average molecular weight is 311 g/mol. The molecule has 3 heteroatoms. The third-order valence-electron chi connectivity index (χ3n) is 4.86. The Balaban J connectivity index is 1.49. The summed E-state index contributed by atoms with van der Waals surface area (Å²) in [4.78, 5) is 11.7. The number of benzene rings is 2. The van der Waals surface area contributed by atoms with E-state index in [-0.39, 0.29) is 0 Å². The summed E-state index contributed by atoms with van der Waals surface area (Å²) in [5, 5.41) is 0. The van der Waals surface area contributed by atoms with Gasteiger partial charge in [0.15, 0.2) is 0 Å². The molecule has 0 saturated carbocycles. The molecule has 1 aromatic heterocycles. The van der Waals surface area contributed by atoms with Gasteiger partial charge in [-0.1, -0.05) is 48.5 Å². The summed E-state index contributed by atoms with van der Waals surface area (Å²) in [6, 6.07) is 21.3. The highest BCUT2D eigenvalue weighted by atomic mass is 15.2. The van der Waals surface area contributed by atoms with E-state index in [9.17, 15) is 0 Å². The molecule has 0 saturated heterocycles. The predicted octanol–water partition coefficient (Wildman–Crippen LogP) is 3.95. The molecule has 2 aliphatic heterocycles. The van der Waals surface area contributed by atoms with Crippen LogP contribution in [0.15, 0.2) is 71.9 Å². The molecule has 0 spiro atoms. The summed E-state index contributed by atoms with van der Waals surface area (Å²) in [5.41, 5.74) is 7.59. The quantitative estimate of drug-likeness (QED) is 0.717. The van der Waals surface area contributed by atoms with Crippen LogP contribution in [-0.4, -0.2) is 10.7 Å². The Hall–Kier alpha value is -2.94. The van der Waals surface area contributed by atoms with E-state index >= 15 is 0 Å². The van der Waals surface area contributed by atoms with Crippen molar-refractivity contribution in [3.8, 4) is 0 Å². The van der Waals surface area contributed by atoms with Crippen LogP contribution in [-0.2, 0) is 19.6 Å². The highest BCUT2D eigenvalue weighted by Gasteiger charge is 2.21. The van der Waals surface area contributed by atoms with Gasteiger partial charge in [-0.2, -0.15) is 0 Å². The molecule has 0 aliphatic carbocycles. The molecule has 3 heterocycles. The normalized spacial score (nSPS) is 15.2. The van der Waals surface area contributed by atoms with Crippen LogP contribution < -0.4 is 4.90 Å². The van der Waals surface area contributed by atoms with E-state index < -0.39 is 0 Å². The van der Waals surface area contributed by atoms with Crippen LogP contribution in [0.5, 0.6) is 0 Å². The maximum absolute atomic E-state index is 4.75. The minimum atomic E-state index is 0.776. The van der Waals surface area contributed by atoms with E-state index in [4.69, 9.17) is 4.99 Å². The first kappa shape index (κ1) is 13.5. The van der Waals surface area contributed by atoms with Crippen LogP contribution in [0, 0.1) is 0 Å². The molecule has 3 aromatic rings. The second-order valence-corrected chi connectivity index (χ2v) is 6.35. The zero-order valence-corrected chi connectivity index (χ0v) is 13.3. The van der Waals surface area contributed by atoms with Crippen molar-refractivity contribution in [3.63, 3.8) is 0 Å². The molecule has 0 amide bonds. The first-order chi connectivity index (χ1) is 11.9. The molecule has 0 fully saturated rings. The van der Waals surface area contributed by atoms with Crippen molar-refractivity contribution in [2.75, 3.05) is 4.90 Å². The van der Waals surface area contributed by atoms with Gasteiger partial charge in [0.05, 0.1) is 12.3 Å². The Morgan fingerprint density at radius 2 is 1.50 bits per heavy atom. The summed E-state index contributed by atoms with van der Waals surface area (Å²) in [7, 11) is 0. The smallest absolute Gasteiger partial charge is 0.129 e. The second kappa shape index (κ2) is 5.31. The first-order valence-electron chi connectivity index (χ1n) is 8.29. The molecule has 0 atom stereocenters. The maximum Gasteiger partial charge on any atom is 0.129 e. The molecular formula is C21H17N3. The number of hydrogen-bond donors (Lipinski definition) is 0. The fourth-order valence-electron chi connectivity index (χ4n) is 3.62. The molecule has 116 valence electrons. The fourth-order valence-corrected chi connectivity index (χ4v) is 3.62. The van der Waals surface area contributed by atoms with E-state index in [0.717, 1.165) is 36.7 Å². The number of rotatable bonds is 2. The Bertz CT molecular complexity index is 934. The number of pyridine rings is 1. The highest BCUT2D eigenvalue weighted by Crippen LogP contribution is 2.29. The lowest BCUT2D eigenvalue weighted by Crippen LogP contribution is -2.16. The maximum atomic E-state index is 4.75. The zero-order chi connectivity index (χ0) is 15.9. The Labute approximate surface area is 141 Å². The van der Waals surface area contributed by atoms with Crippen LogP contribution in [0.25, 0.3) is 0 Å². The number of hydrogen-bond acceptors (Lipinski definition) is 3. The second-order valence-electron chi connectivity index (χ2n) is 6.35. The van der Waals surface area contributed by atoms with Gasteiger partial charge < -0.3 is 4.90 Å². The molecule has 2 aliphatic rings. The third-order valence-corrected chi connectivity index (χ3v) is 4.86. The average Bonchev–Trinajstić information content (AvgIpc) is 3.26. The number of fused-ring (bicyclic) bond motifs is 2. The lowest BCUT2D eigenvalue weighted by molar-refractivity contribution is 0.856. The largest absolute Gasteiger partial charge is 0.348 e. The van der Waals surface area contributed by atoms with Gasteiger partial charge in [-0.15, -0.1) is 0 Å². The summed E-state index contributed by atoms with van der Waals surface area (Å²) >= 11 is 0. The molecule has 0 unspecified atom stereocenters. The molecule has 5 rings (SSSR count). The van der Waals surface area contributed by atoms with Gasteiger partial charge >= 0.3 is 0 Å². The van der Waals surface area contributed by atoms with E-state index in [1.165, 1.54) is 22.3 Å². The van der Waals surface area contributed by atoms with Gasteiger partial charge in [-0.05, 0) is 28.8 Å². The molecular weight excluding hydrogens is 294 g/mol. The first-order valence-corrected chi connectivity index (χ1v) is 8.29. The monoisotopic (exact) mass is 311 g/mol. The van der Waals surface area contributed by atoms with Crippen LogP contribution in [0.4, 0.5) is 5.82 Å². The Kier molecular flexibility index (Phi) is 2.98. The molecule has 0 N–H and O–H groups in total. The molecule has 3 nitrogen and oxygen atoms in total. The van der Waals surface area contributed by atoms with E-state index in [0.29, 0.717) is 0 Å². The van der Waals surface area contributed by atoms with Crippen LogP contribution >= 0.6 is 0 Å². The van der Waals surface area contributed by atoms with E-state index in [1.807, 2.05) is 6.20 Å². The number of aliphatic imine (C=N–C) groups is 1. The molecule has 0 radical (unpaired) electrons. The summed E-state index contributed by atoms with van der Waals surface area (Å²) in [6.07, 6.45) is 1.90. The van der Waals surface area contributed by atoms with Gasteiger partial charge in [-0.3, -0.25) is 4.99 Å². The summed E-state index contributed by atoms with van der Waals surface area (Å²) in [5.74, 6) is 1.02. The Morgan fingerprint density at radius 3 is 2.29 bits per heavy atom. The van der Waals surface area contributed by atoms with Gasteiger partial charge in [0, 0.05) is 30.4 Å². The van der Waals surface area contributed by atoms with Crippen molar-refractivity contribution < 1.29 is 0 Å². The minimum Gasteiger partial charge on any atom is -0.348 e. The number of aromatic nitrogens is 1. The summed E-state index contributed by atoms with van der Waals surface area (Å²) < 4.78 is 0. The van der Waals surface area contributed by atoms with Crippen molar-refractivity contribution in [2.45, 2.75) is 19.6 Å². The van der Waals surface area contributed by atoms with Gasteiger partial charge in [0.25, 0.3) is 0 Å². The Morgan fingerprint density at radius 1 is 0.792 bits per heavy atom. The zero-order valence-electron chi connectivity index (χ0n) is 13.3. The SMILES string of the molecule is c1ccc2c(c1)CN(c1cc(C3=NCc4ccccc43)ccn1)C2. The number of nitrogens with zero attached hydrogens (tertiary/aromatic N) is 3. The van der Waals surface area contributed by atoms with Crippen molar-refractivity contribution in [1.82, 2.24) is 4.98 Å². The molecule has 0 bridgehead atoms. The van der Waals surface area contributed by atoms with Crippen molar-refractivity contribution in [3.05, 3.63) is 94.7 Å². The van der Waals surface area contributed by atoms with Crippen molar-refractivity contribution in [2.24, 2.45) is 4.99 Å². The fraction of sp³-hybridized carbons (Fsp3) is 0.143. The van der Waals surface area contributed by atoms with Crippen LogP contribution in [0.2, 0.25) is 0 Å². The van der Waals surface area contributed by atoms with E-state index in [2.05, 4.69) is 70.5 Å².